The molecular weight excluding hydrogens is 528 g/mol. The van der Waals surface area contributed by atoms with Crippen LogP contribution in [0.3, 0.4) is 0 Å². The first-order chi connectivity index (χ1) is 21.8. The zero-order chi connectivity index (χ0) is 29.3. The van der Waals surface area contributed by atoms with Gasteiger partial charge in [-0.15, -0.1) is 0 Å². The third-order valence-electron chi connectivity index (χ3n) is 9.26. The summed E-state index contributed by atoms with van der Waals surface area (Å²) in [4.78, 5) is 0. The van der Waals surface area contributed by atoms with E-state index in [1.165, 1.54) is 91.0 Å². The van der Waals surface area contributed by atoms with Crippen molar-refractivity contribution in [2.24, 2.45) is 0 Å². The molecule has 0 saturated carbocycles. The molecule has 0 heterocycles. The Labute approximate surface area is 259 Å². The summed E-state index contributed by atoms with van der Waals surface area (Å²) in [5.74, 6) is 0. The molecule has 0 radical (unpaired) electrons. The van der Waals surface area contributed by atoms with Crippen LogP contribution in [0.4, 0.5) is 0 Å². The summed E-state index contributed by atoms with van der Waals surface area (Å²) in [6.45, 7) is 0. The molecule has 0 fully saturated rings. The van der Waals surface area contributed by atoms with Crippen LogP contribution in [-0.4, -0.2) is 0 Å². The van der Waals surface area contributed by atoms with E-state index in [2.05, 4.69) is 158 Å². The maximum Gasteiger partial charge on any atom is -0.00637 e. The van der Waals surface area contributed by atoms with Crippen molar-refractivity contribution in [3.63, 3.8) is 0 Å². The summed E-state index contributed by atoms with van der Waals surface area (Å²) < 4.78 is 0. The molecule has 0 atom stereocenters. The molecule has 0 nitrogen and oxygen atoms in total. The van der Waals surface area contributed by atoms with Gasteiger partial charge in [-0.3, -0.25) is 0 Å². The minimum atomic E-state index is 1.17. The lowest BCUT2D eigenvalue weighted by Crippen LogP contribution is -2.06. The second-order valence-corrected chi connectivity index (χ2v) is 11.9. The number of rotatable bonds is 2. The van der Waals surface area contributed by atoms with Gasteiger partial charge < -0.3 is 0 Å². The lowest BCUT2D eigenvalue weighted by Gasteiger charge is -2.25. The zero-order valence-electron chi connectivity index (χ0n) is 24.8. The smallest absolute Gasteiger partial charge is 0.00637 e. The Kier molecular flexibility index (Phi) is 6.89. The first-order valence-electron chi connectivity index (χ1n) is 15.8. The third-order valence-corrected chi connectivity index (χ3v) is 9.26. The molecule has 0 unspecified atom stereocenters. The van der Waals surface area contributed by atoms with Crippen molar-refractivity contribution >= 4 is 43.1 Å². The fourth-order valence-corrected chi connectivity index (χ4v) is 7.16. The normalized spacial score (nSPS) is 12.6. The summed E-state index contributed by atoms with van der Waals surface area (Å²) in [5, 5.41) is 10.8. The molecule has 1 aliphatic carbocycles. The highest BCUT2D eigenvalue weighted by Crippen LogP contribution is 2.44. The maximum atomic E-state index is 2.48. The van der Waals surface area contributed by atoms with Crippen molar-refractivity contribution in [2.75, 3.05) is 0 Å². The number of hydrogen-bond donors (Lipinski definition) is 0. The van der Waals surface area contributed by atoms with E-state index in [0.29, 0.717) is 0 Å². The van der Waals surface area contributed by atoms with Crippen molar-refractivity contribution in [3.8, 4) is 22.3 Å². The molecule has 1 aliphatic rings. The summed E-state index contributed by atoms with van der Waals surface area (Å²) in [5.41, 5.74) is 8.59. The molecular formula is C44H34. The van der Waals surface area contributed by atoms with Gasteiger partial charge in [0.15, 0.2) is 0 Å². The van der Waals surface area contributed by atoms with Gasteiger partial charge in [-0.1, -0.05) is 133 Å². The van der Waals surface area contributed by atoms with Gasteiger partial charge in [0.2, 0.25) is 0 Å². The zero-order valence-corrected chi connectivity index (χ0v) is 24.8. The van der Waals surface area contributed by atoms with Crippen LogP contribution >= 0.6 is 0 Å². The fourth-order valence-electron chi connectivity index (χ4n) is 7.16. The van der Waals surface area contributed by atoms with E-state index in [4.69, 9.17) is 0 Å². The highest BCUT2D eigenvalue weighted by atomic mass is 14.3. The van der Waals surface area contributed by atoms with Gasteiger partial charge >= 0.3 is 0 Å². The van der Waals surface area contributed by atoms with Gasteiger partial charge in [0.05, 0.1) is 0 Å². The van der Waals surface area contributed by atoms with Crippen molar-refractivity contribution < 1.29 is 0 Å². The van der Waals surface area contributed by atoms with E-state index in [-0.39, 0.29) is 0 Å². The Morgan fingerprint density at radius 2 is 0.773 bits per heavy atom. The average Bonchev–Trinajstić information content (AvgIpc) is 3.11. The van der Waals surface area contributed by atoms with Crippen LogP contribution < -0.4 is 0 Å². The predicted octanol–water partition coefficient (Wildman–Crippen LogP) is 12.2. The largest absolute Gasteiger partial charge is 0.0622 e. The molecule has 0 spiro atoms. The van der Waals surface area contributed by atoms with Crippen molar-refractivity contribution in [2.45, 2.75) is 25.7 Å². The van der Waals surface area contributed by atoms with Crippen LogP contribution in [0.25, 0.3) is 65.3 Å². The minimum absolute atomic E-state index is 1.17. The lowest BCUT2D eigenvalue weighted by atomic mass is 9.79. The molecule has 0 amide bonds. The third kappa shape index (κ3) is 4.83. The predicted molar refractivity (Wildman–Crippen MR) is 190 cm³/mol. The van der Waals surface area contributed by atoms with Crippen LogP contribution in [0.1, 0.15) is 24.0 Å². The Morgan fingerprint density at radius 1 is 0.318 bits per heavy atom. The standard InChI is InChI=1S/C30H24.C14H10/c1-3-11-21(12-4-1)27-20-29-24-16-8-7-15-23(24)19-28(22-13-5-2-6-14-22)30(29)26-18-10-9-17-25(26)27;1-2-6-12-10-14-8-4-3-7-13(14)9-11(12)5-1/h1-8,11-16,19-20H,9-10,17-18H2;1-10H. The van der Waals surface area contributed by atoms with Gasteiger partial charge in [0, 0.05) is 0 Å². The van der Waals surface area contributed by atoms with Gasteiger partial charge in [0.25, 0.3) is 0 Å². The molecule has 44 heavy (non-hydrogen) atoms. The molecule has 0 N–H and O–H groups in total. The van der Waals surface area contributed by atoms with Crippen LogP contribution in [0.2, 0.25) is 0 Å². The van der Waals surface area contributed by atoms with Crippen LogP contribution in [0.5, 0.6) is 0 Å². The van der Waals surface area contributed by atoms with Gasteiger partial charge in [0.1, 0.15) is 0 Å². The molecule has 0 aromatic heterocycles. The Morgan fingerprint density at radius 3 is 1.34 bits per heavy atom. The molecule has 0 saturated heterocycles. The number of hydrogen-bond acceptors (Lipinski definition) is 0. The quantitative estimate of drug-likeness (QED) is 0.145. The van der Waals surface area contributed by atoms with E-state index in [0.717, 1.165) is 0 Å². The van der Waals surface area contributed by atoms with Crippen molar-refractivity contribution in [1.29, 1.82) is 0 Å². The van der Waals surface area contributed by atoms with Gasteiger partial charge in [-0.2, -0.15) is 0 Å². The summed E-state index contributed by atoms with van der Waals surface area (Å²) in [6, 6.07) is 57.0. The van der Waals surface area contributed by atoms with E-state index < -0.39 is 0 Å². The summed E-state index contributed by atoms with van der Waals surface area (Å²) in [6.07, 6.45) is 4.91. The van der Waals surface area contributed by atoms with E-state index in [1.807, 2.05) is 0 Å². The Bertz CT molecular complexity index is 2150. The monoisotopic (exact) mass is 562 g/mol. The highest BCUT2D eigenvalue weighted by Gasteiger charge is 2.21. The topological polar surface area (TPSA) is 0 Å². The molecule has 8 aromatic rings. The second kappa shape index (κ2) is 11.5. The van der Waals surface area contributed by atoms with Crippen LogP contribution in [0.15, 0.2) is 158 Å². The van der Waals surface area contributed by atoms with E-state index >= 15 is 0 Å². The average molecular weight is 563 g/mol. The fraction of sp³-hybridized carbons (Fsp3) is 0.0909. The van der Waals surface area contributed by atoms with Crippen molar-refractivity contribution in [1.82, 2.24) is 0 Å². The highest BCUT2D eigenvalue weighted by molar-refractivity contribution is 6.16. The second-order valence-electron chi connectivity index (χ2n) is 11.9. The molecule has 210 valence electrons. The van der Waals surface area contributed by atoms with E-state index in [9.17, 15) is 0 Å². The maximum absolute atomic E-state index is 2.48. The summed E-state index contributed by atoms with van der Waals surface area (Å²) in [7, 11) is 0. The number of fused-ring (bicyclic) bond motifs is 7. The van der Waals surface area contributed by atoms with Crippen LogP contribution in [0, 0.1) is 0 Å². The lowest BCUT2D eigenvalue weighted by molar-refractivity contribution is 0.691. The first-order valence-corrected chi connectivity index (χ1v) is 15.8. The SMILES string of the molecule is c1ccc(-c2cc3c(c(-c4ccccc4)cc4ccccc43)c3c2CCCC3)cc1.c1ccc2cc3ccccc3cc2c1. The molecule has 0 bridgehead atoms. The number of aryl methyl sites for hydroxylation is 1. The van der Waals surface area contributed by atoms with Crippen molar-refractivity contribution in [3.05, 3.63) is 169 Å². The minimum Gasteiger partial charge on any atom is -0.0622 e. The molecule has 0 aliphatic heterocycles. The van der Waals surface area contributed by atoms with Gasteiger partial charge in [-0.25, -0.2) is 0 Å². The summed E-state index contributed by atoms with van der Waals surface area (Å²) >= 11 is 0. The van der Waals surface area contributed by atoms with Gasteiger partial charge in [-0.05, 0) is 126 Å². The Balaban J connectivity index is 0.000000172. The molecule has 8 aromatic carbocycles. The molecule has 9 rings (SSSR count). The van der Waals surface area contributed by atoms with Crippen LogP contribution in [-0.2, 0) is 12.8 Å². The molecule has 0 heteroatoms. The number of benzene rings is 8. The first kappa shape index (κ1) is 26.4. The Hall–Kier alpha value is -5.20. The van der Waals surface area contributed by atoms with E-state index in [1.54, 1.807) is 11.1 Å².